The molecular weight excluding hydrogens is 415 g/mol. The van der Waals surface area contributed by atoms with Crippen LogP contribution in [0.1, 0.15) is 90.2 Å². The molecule has 0 saturated heterocycles. The monoisotopic (exact) mass is 460 g/mol. The number of rotatable bonds is 14. The first-order valence-electron chi connectivity index (χ1n) is 12.5. The predicted octanol–water partition coefficient (Wildman–Crippen LogP) is 6.43. The molecule has 0 aliphatic heterocycles. The summed E-state index contributed by atoms with van der Waals surface area (Å²) in [7, 11) is -5.21. The summed E-state index contributed by atoms with van der Waals surface area (Å²) in [5.41, 5.74) is 1.68. The summed E-state index contributed by atoms with van der Waals surface area (Å²) in [6, 6.07) is 14.7. The van der Waals surface area contributed by atoms with Gasteiger partial charge in [0.15, 0.2) is 0 Å². The Hall–Kier alpha value is -1.25. The van der Waals surface area contributed by atoms with E-state index < -0.39 is 7.28 Å². The maximum atomic E-state index is 11.5. The third kappa shape index (κ3) is 7.96. The van der Waals surface area contributed by atoms with Gasteiger partial charge in [0.25, 0.3) is 0 Å². The van der Waals surface area contributed by atoms with Crippen LogP contribution in [0.3, 0.4) is 0 Å². The topological polar surface area (TPSA) is 60.7 Å². The van der Waals surface area contributed by atoms with Crippen molar-refractivity contribution in [1.29, 1.82) is 0 Å². The quantitative estimate of drug-likeness (QED) is 0.225. The van der Waals surface area contributed by atoms with Gasteiger partial charge in [0, 0.05) is 0 Å². The molecule has 0 atom stereocenters. The first-order chi connectivity index (χ1) is 15.1. The molecule has 2 aromatic carbocycles. The van der Waals surface area contributed by atoms with E-state index in [1.807, 2.05) is 24.3 Å². The van der Waals surface area contributed by atoms with Gasteiger partial charge in [-0.05, 0) is 0 Å². The Morgan fingerprint density at radius 3 is 1.31 bits per heavy atom. The van der Waals surface area contributed by atoms with Gasteiger partial charge in [-0.3, -0.25) is 0 Å². The molecule has 3 N–H and O–H groups in total. The fraction of sp³-hybridized carbons (Fsp3) is 0.571. The Labute approximate surface area is 196 Å². The Kier molecular flexibility index (Phi) is 10.4. The van der Waals surface area contributed by atoms with Gasteiger partial charge in [0.2, 0.25) is 0 Å². The number of benzene rings is 2. The summed E-state index contributed by atoms with van der Waals surface area (Å²) in [6.45, 7) is 8.96. The van der Waals surface area contributed by atoms with E-state index >= 15 is 0 Å². The minimum absolute atomic E-state index is 0.301. The first-order valence-corrected chi connectivity index (χ1v) is 14.6. The molecule has 0 aromatic heterocycles. The van der Waals surface area contributed by atoms with Crippen molar-refractivity contribution >= 4 is 17.9 Å². The van der Waals surface area contributed by atoms with Crippen molar-refractivity contribution < 1.29 is 14.7 Å². The van der Waals surface area contributed by atoms with Crippen LogP contribution in [-0.2, 0) is 12.8 Å². The number of unbranched alkanes of at least 4 members (excludes halogenated alkanes) is 4. The van der Waals surface area contributed by atoms with E-state index in [-0.39, 0.29) is 0 Å². The summed E-state index contributed by atoms with van der Waals surface area (Å²) in [6.07, 6.45) is 10.4. The number of hydrogen-bond acceptors (Lipinski definition) is 3. The van der Waals surface area contributed by atoms with Crippen LogP contribution in [0.5, 0.6) is 0 Å². The second kappa shape index (κ2) is 12.3. The van der Waals surface area contributed by atoms with E-state index in [1.54, 1.807) is 24.3 Å². The summed E-state index contributed by atoms with van der Waals surface area (Å²) in [4.78, 5) is 34.4. The standard InChI is InChI=1S/C28H45O3P/c1-23(2)15-7-5-9-17-25-19-11-13-21-27(25)32(29,30,31)28-22-14-12-20-26(28)18-10-6-8-16-24(3)4/h11-14,19-24,29-31H,5-10,15-18H2,1-4H3. The Balaban J connectivity index is 2.19. The Morgan fingerprint density at radius 2 is 0.938 bits per heavy atom. The molecule has 2 aromatic rings. The number of aryl methyl sites for hydroxylation is 2. The van der Waals surface area contributed by atoms with Crippen LogP contribution >= 0.6 is 7.28 Å². The van der Waals surface area contributed by atoms with Crippen LogP contribution in [0.2, 0.25) is 0 Å². The average Bonchev–Trinajstić information content (AvgIpc) is 2.73. The van der Waals surface area contributed by atoms with Crippen LogP contribution in [0.25, 0.3) is 0 Å². The molecule has 0 amide bonds. The van der Waals surface area contributed by atoms with Gasteiger partial charge in [-0.15, -0.1) is 0 Å². The Morgan fingerprint density at radius 1 is 0.562 bits per heavy atom. The van der Waals surface area contributed by atoms with E-state index in [0.29, 0.717) is 22.4 Å². The van der Waals surface area contributed by atoms with Gasteiger partial charge in [0.1, 0.15) is 0 Å². The predicted molar refractivity (Wildman–Crippen MR) is 140 cm³/mol. The SMILES string of the molecule is CC(C)CCCCCc1ccccc1P(O)(O)(O)c1ccccc1CCCCCC(C)C. The second-order valence-corrected chi connectivity index (χ2v) is 13.1. The Bertz CT molecular complexity index is 755. The fourth-order valence-corrected chi connectivity index (χ4v) is 6.88. The van der Waals surface area contributed by atoms with Crippen LogP contribution in [0.4, 0.5) is 0 Å². The van der Waals surface area contributed by atoms with Gasteiger partial charge < -0.3 is 0 Å². The molecule has 0 radical (unpaired) electrons. The van der Waals surface area contributed by atoms with Crippen molar-refractivity contribution in [2.45, 2.75) is 91.9 Å². The average molecular weight is 461 g/mol. The maximum absolute atomic E-state index is 11.5. The van der Waals surface area contributed by atoms with Gasteiger partial charge in [-0.2, -0.15) is 0 Å². The van der Waals surface area contributed by atoms with E-state index in [4.69, 9.17) is 0 Å². The molecule has 2 rings (SSSR count). The van der Waals surface area contributed by atoms with Gasteiger partial charge in [-0.25, -0.2) is 0 Å². The molecule has 0 bridgehead atoms. The van der Waals surface area contributed by atoms with Crippen molar-refractivity contribution in [3.63, 3.8) is 0 Å². The van der Waals surface area contributed by atoms with Crippen LogP contribution in [-0.4, -0.2) is 14.7 Å². The summed E-state index contributed by atoms with van der Waals surface area (Å²) in [5, 5.41) is 0.601. The summed E-state index contributed by atoms with van der Waals surface area (Å²) in [5.74, 6) is 1.42. The molecule has 32 heavy (non-hydrogen) atoms. The van der Waals surface area contributed by atoms with Crippen molar-refractivity contribution in [1.82, 2.24) is 0 Å². The third-order valence-corrected chi connectivity index (χ3v) is 8.97. The van der Waals surface area contributed by atoms with E-state index in [2.05, 4.69) is 27.7 Å². The zero-order valence-corrected chi connectivity index (χ0v) is 21.5. The molecule has 0 unspecified atom stereocenters. The van der Waals surface area contributed by atoms with Gasteiger partial charge in [-0.1, -0.05) is 0 Å². The summed E-state index contributed by atoms with van der Waals surface area (Å²) >= 11 is 0. The molecule has 0 fully saturated rings. The van der Waals surface area contributed by atoms with Gasteiger partial charge in [0.05, 0.1) is 0 Å². The van der Waals surface area contributed by atoms with E-state index in [9.17, 15) is 14.7 Å². The molecule has 180 valence electrons. The van der Waals surface area contributed by atoms with E-state index in [1.165, 1.54) is 25.7 Å². The fourth-order valence-electron chi connectivity index (χ4n) is 4.47. The van der Waals surface area contributed by atoms with Crippen molar-refractivity contribution in [3.05, 3.63) is 59.7 Å². The van der Waals surface area contributed by atoms with Crippen molar-refractivity contribution in [2.24, 2.45) is 11.8 Å². The molecule has 0 saturated carbocycles. The minimum atomic E-state index is -5.21. The zero-order chi connectivity index (χ0) is 23.6. The molecule has 0 spiro atoms. The zero-order valence-electron chi connectivity index (χ0n) is 20.6. The molecule has 3 nitrogen and oxygen atoms in total. The van der Waals surface area contributed by atoms with Crippen LogP contribution in [0.15, 0.2) is 48.5 Å². The molecule has 4 heteroatoms. The molecule has 0 aliphatic rings. The van der Waals surface area contributed by atoms with Crippen molar-refractivity contribution in [2.75, 3.05) is 0 Å². The summed E-state index contributed by atoms with van der Waals surface area (Å²) < 4.78 is 0. The first kappa shape index (κ1) is 27.0. The third-order valence-electron chi connectivity index (χ3n) is 6.33. The number of hydrogen-bond donors (Lipinski definition) is 3. The normalized spacial score (nSPS) is 13.5. The van der Waals surface area contributed by atoms with E-state index in [0.717, 1.165) is 49.7 Å². The van der Waals surface area contributed by atoms with Crippen molar-refractivity contribution in [3.8, 4) is 0 Å². The van der Waals surface area contributed by atoms with Gasteiger partial charge >= 0.3 is 196 Å². The molecule has 0 aliphatic carbocycles. The molecular formula is C28H45O3P. The second-order valence-electron chi connectivity index (χ2n) is 10.2. The van der Waals surface area contributed by atoms with Crippen LogP contribution in [0, 0.1) is 11.8 Å². The molecule has 0 heterocycles. The van der Waals surface area contributed by atoms with Crippen LogP contribution < -0.4 is 10.6 Å².